The highest BCUT2D eigenvalue weighted by molar-refractivity contribution is 5.92. The first-order valence-corrected chi connectivity index (χ1v) is 10.6. The number of benzene rings is 1. The van der Waals surface area contributed by atoms with Gasteiger partial charge in [0.05, 0.1) is 12.0 Å². The van der Waals surface area contributed by atoms with Crippen LogP contribution in [0.2, 0.25) is 0 Å². The van der Waals surface area contributed by atoms with E-state index in [1.807, 2.05) is 18.7 Å². The number of hydrogen-bond acceptors (Lipinski definition) is 4. The molecule has 1 aromatic carbocycles. The third-order valence-corrected chi connectivity index (χ3v) is 6.48. The van der Waals surface area contributed by atoms with Crippen molar-refractivity contribution in [3.8, 4) is 0 Å². The van der Waals surface area contributed by atoms with Gasteiger partial charge in [0.2, 0.25) is 11.8 Å². The van der Waals surface area contributed by atoms with Crippen LogP contribution < -0.4 is 11.1 Å². The summed E-state index contributed by atoms with van der Waals surface area (Å²) in [4.78, 5) is 29.3. The third-order valence-electron chi connectivity index (χ3n) is 6.48. The van der Waals surface area contributed by atoms with Gasteiger partial charge in [0.1, 0.15) is 5.82 Å². The Kier molecular flexibility index (Phi) is 6.90. The molecular weight excluding hydrogens is 371 g/mol. The Hall–Kier alpha value is -1.99. The molecule has 2 aliphatic heterocycles. The summed E-state index contributed by atoms with van der Waals surface area (Å²) in [7, 11) is 2.07. The molecule has 0 unspecified atom stereocenters. The molecule has 160 valence electrons. The van der Waals surface area contributed by atoms with Crippen molar-refractivity contribution in [2.75, 3.05) is 32.0 Å². The number of nitrogens with zero attached hydrogens (tertiary/aromatic N) is 2. The van der Waals surface area contributed by atoms with Crippen LogP contribution in [0.25, 0.3) is 0 Å². The van der Waals surface area contributed by atoms with Gasteiger partial charge < -0.3 is 20.9 Å². The molecule has 0 bridgehead atoms. The van der Waals surface area contributed by atoms with Gasteiger partial charge in [0, 0.05) is 31.4 Å². The van der Waals surface area contributed by atoms with E-state index in [-0.39, 0.29) is 29.5 Å². The molecule has 2 saturated heterocycles. The zero-order valence-corrected chi connectivity index (χ0v) is 17.6. The van der Waals surface area contributed by atoms with Crippen molar-refractivity contribution in [1.82, 2.24) is 9.80 Å². The molecule has 29 heavy (non-hydrogen) atoms. The predicted molar refractivity (Wildman–Crippen MR) is 112 cm³/mol. The van der Waals surface area contributed by atoms with Crippen LogP contribution >= 0.6 is 0 Å². The molecule has 6 nitrogen and oxygen atoms in total. The number of nitrogens with two attached hydrogens (primary N) is 1. The number of hydrogen-bond donors (Lipinski definition) is 2. The minimum Gasteiger partial charge on any atom is -0.341 e. The molecule has 2 fully saturated rings. The Labute approximate surface area is 172 Å². The first kappa shape index (κ1) is 21.7. The number of anilines is 1. The highest BCUT2D eigenvalue weighted by Crippen LogP contribution is 2.33. The number of rotatable bonds is 5. The van der Waals surface area contributed by atoms with Crippen LogP contribution in [0.5, 0.6) is 0 Å². The van der Waals surface area contributed by atoms with E-state index >= 15 is 0 Å². The monoisotopic (exact) mass is 404 g/mol. The van der Waals surface area contributed by atoms with Crippen LogP contribution in [0.3, 0.4) is 0 Å². The summed E-state index contributed by atoms with van der Waals surface area (Å²) in [5, 5.41) is 2.90. The summed E-state index contributed by atoms with van der Waals surface area (Å²) in [6.07, 6.45) is 2.70. The van der Waals surface area contributed by atoms with Crippen LogP contribution in [-0.2, 0) is 9.59 Å². The molecular formula is C22H33FN4O2. The molecule has 3 atom stereocenters. The fraction of sp³-hybridized carbons (Fsp3) is 0.636. The van der Waals surface area contributed by atoms with E-state index in [2.05, 4.69) is 17.3 Å². The van der Waals surface area contributed by atoms with Crippen molar-refractivity contribution in [2.45, 2.75) is 45.2 Å². The lowest BCUT2D eigenvalue weighted by Crippen LogP contribution is -2.50. The van der Waals surface area contributed by atoms with Crippen molar-refractivity contribution in [3.63, 3.8) is 0 Å². The molecule has 3 N–H and O–H groups in total. The summed E-state index contributed by atoms with van der Waals surface area (Å²) in [6.45, 7) is 6.14. The molecule has 0 spiro atoms. The Morgan fingerprint density at radius 3 is 2.38 bits per heavy atom. The highest BCUT2D eigenvalue weighted by atomic mass is 19.1. The standard InChI is InChI=1S/C22H33FN4O2/c1-14(2)20(24)22(29)27-10-8-15(9-11-27)19-12-16(13-26(19)3)21(28)25-18-6-4-17(23)5-7-18/h4-7,14-16,19-20H,8-13,24H2,1-3H3,(H,25,28)/t16-,19-,20-/m0/s1. The Bertz CT molecular complexity index is 716. The largest absolute Gasteiger partial charge is 0.341 e. The molecule has 2 heterocycles. The van der Waals surface area contributed by atoms with Crippen LogP contribution in [0.1, 0.15) is 33.1 Å². The summed E-state index contributed by atoms with van der Waals surface area (Å²) in [5.41, 5.74) is 6.65. The Morgan fingerprint density at radius 1 is 1.17 bits per heavy atom. The number of halogens is 1. The van der Waals surface area contributed by atoms with Crippen LogP contribution in [0, 0.1) is 23.6 Å². The van der Waals surface area contributed by atoms with Crippen molar-refractivity contribution in [1.29, 1.82) is 0 Å². The van der Waals surface area contributed by atoms with Gasteiger partial charge in [-0.25, -0.2) is 4.39 Å². The maximum Gasteiger partial charge on any atom is 0.239 e. The maximum absolute atomic E-state index is 13.0. The molecule has 3 rings (SSSR count). The topological polar surface area (TPSA) is 78.7 Å². The van der Waals surface area contributed by atoms with Gasteiger partial charge in [-0.2, -0.15) is 0 Å². The normalized spacial score (nSPS) is 24.7. The van der Waals surface area contributed by atoms with E-state index in [4.69, 9.17) is 5.73 Å². The number of amides is 2. The van der Waals surface area contributed by atoms with E-state index in [1.54, 1.807) is 12.1 Å². The summed E-state index contributed by atoms with van der Waals surface area (Å²) >= 11 is 0. The van der Waals surface area contributed by atoms with Gasteiger partial charge in [-0.3, -0.25) is 9.59 Å². The van der Waals surface area contributed by atoms with Crippen LogP contribution in [-0.4, -0.2) is 60.4 Å². The number of carbonyl (C=O) groups is 2. The van der Waals surface area contributed by atoms with Gasteiger partial charge in [-0.05, 0) is 62.4 Å². The number of piperidine rings is 1. The number of likely N-dealkylation sites (tertiary alicyclic amines) is 2. The van der Waals surface area contributed by atoms with Gasteiger partial charge in [0.15, 0.2) is 0 Å². The fourth-order valence-electron chi connectivity index (χ4n) is 4.55. The molecule has 0 aliphatic carbocycles. The zero-order valence-electron chi connectivity index (χ0n) is 17.6. The summed E-state index contributed by atoms with van der Waals surface area (Å²) < 4.78 is 13.0. The third kappa shape index (κ3) is 5.14. The van der Waals surface area contributed by atoms with Gasteiger partial charge >= 0.3 is 0 Å². The first-order valence-electron chi connectivity index (χ1n) is 10.6. The van der Waals surface area contributed by atoms with Gasteiger partial charge in [-0.15, -0.1) is 0 Å². The predicted octanol–water partition coefficient (Wildman–Crippen LogP) is 2.31. The lowest BCUT2D eigenvalue weighted by atomic mass is 9.86. The number of carbonyl (C=O) groups excluding carboxylic acids is 2. The van der Waals surface area contributed by atoms with Crippen molar-refractivity contribution in [3.05, 3.63) is 30.1 Å². The zero-order chi connectivity index (χ0) is 21.1. The number of nitrogens with one attached hydrogen (secondary N) is 1. The molecule has 0 aromatic heterocycles. The molecule has 7 heteroatoms. The van der Waals surface area contributed by atoms with Crippen LogP contribution in [0.4, 0.5) is 10.1 Å². The van der Waals surface area contributed by atoms with Crippen molar-refractivity contribution >= 4 is 17.5 Å². The second kappa shape index (κ2) is 9.22. The maximum atomic E-state index is 13.0. The highest BCUT2D eigenvalue weighted by Gasteiger charge is 2.40. The van der Waals surface area contributed by atoms with Crippen molar-refractivity contribution in [2.24, 2.45) is 23.5 Å². The Morgan fingerprint density at radius 2 is 1.79 bits per heavy atom. The summed E-state index contributed by atoms with van der Waals surface area (Å²) in [6, 6.07) is 5.77. The van der Waals surface area contributed by atoms with E-state index in [1.165, 1.54) is 12.1 Å². The summed E-state index contributed by atoms with van der Waals surface area (Å²) in [5.74, 6) is 0.257. The Balaban J connectivity index is 1.52. The minimum atomic E-state index is -0.430. The average Bonchev–Trinajstić information content (AvgIpc) is 3.10. The lowest BCUT2D eigenvalue weighted by molar-refractivity contribution is -0.135. The second-order valence-electron chi connectivity index (χ2n) is 8.87. The van der Waals surface area contributed by atoms with E-state index < -0.39 is 6.04 Å². The molecule has 0 radical (unpaired) electrons. The first-order chi connectivity index (χ1) is 13.8. The second-order valence-corrected chi connectivity index (χ2v) is 8.87. The van der Waals surface area contributed by atoms with E-state index in [9.17, 15) is 14.0 Å². The quantitative estimate of drug-likeness (QED) is 0.789. The average molecular weight is 405 g/mol. The lowest BCUT2D eigenvalue weighted by Gasteiger charge is -2.38. The van der Waals surface area contributed by atoms with Gasteiger partial charge in [0.25, 0.3) is 0 Å². The molecule has 2 amide bonds. The fourth-order valence-corrected chi connectivity index (χ4v) is 4.55. The van der Waals surface area contributed by atoms with E-state index in [0.717, 1.165) is 38.9 Å². The molecule has 1 aromatic rings. The van der Waals surface area contributed by atoms with E-state index in [0.29, 0.717) is 17.6 Å². The SMILES string of the molecule is CC(C)[C@H](N)C(=O)N1CCC([C@@H]2C[C@H](C(=O)Nc3ccc(F)cc3)CN2C)CC1. The van der Waals surface area contributed by atoms with Gasteiger partial charge in [-0.1, -0.05) is 13.8 Å². The molecule has 2 aliphatic rings. The smallest absolute Gasteiger partial charge is 0.239 e. The molecule has 0 saturated carbocycles. The van der Waals surface area contributed by atoms with Crippen LogP contribution in [0.15, 0.2) is 24.3 Å². The van der Waals surface area contributed by atoms with Crippen molar-refractivity contribution < 1.29 is 14.0 Å². The minimum absolute atomic E-state index is 0.0125.